The van der Waals surface area contributed by atoms with E-state index >= 15 is 0 Å². The summed E-state index contributed by atoms with van der Waals surface area (Å²) in [5, 5.41) is 11.2. The Morgan fingerprint density at radius 3 is 2.64 bits per heavy atom. The Morgan fingerprint density at radius 2 is 1.92 bits per heavy atom. The van der Waals surface area contributed by atoms with Crippen LogP contribution in [0.1, 0.15) is 10.4 Å². The highest BCUT2D eigenvalue weighted by Crippen LogP contribution is 2.26. The molecule has 0 saturated carbocycles. The summed E-state index contributed by atoms with van der Waals surface area (Å²) in [6.07, 6.45) is 0. The molecule has 2 rings (SSSR count). The van der Waals surface area contributed by atoms with Crippen molar-refractivity contribution in [2.24, 2.45) is 0 Å². The van der Waals surface area contributed by atoms with Gasteiger partial charge in [0.1, 0.15) is 0 Å². The summed E-state index contributed by atoms with van der Waals surface area (Å²) in [4.78, 5) is 24.3. The molecule has 0 heterocycles. The van der Waals surface area contributed by atoms with Gasteiger partial charge in [-0.1, -0.05) is 12.1 Å². The molecule has 0 unspecified atom stereocenters. The number of ether oxygens (including phenoxy) is 1. The van der Waals surface area contributed by atoms with E-state index in [1.54, 1.807) is 24.3 Å². The van der Waals surface area contributed by atoms with E-state index in [1.807, 2.05) is 6.07 Å². The molecule has 0 fully saturated rings. The van der Waals surface area contributed by atoms with E-state index in [2.05, 4.69) is 5.32 Å². The summed E-state index contributed by atoms with van der Waals surface area (Å²) < 4.78 is 30.7. The second-order valence-corrected chi connectivity index (χ2v) is 5.71. The number of halogens is 2. The molecule has 2 aromatic rings. The van der Waals surface area contributed by atoms with E-state index in [4.69, 9.17) is 10.00 Å². The standard InChI is InChI=1S/C17H12F2N2O3S/c18-12-6-5-11(9-13(12)19)17(23)24-10-16(22)21-14-3-1-2-4-15(14)25-8-7-20/h1-6,9H,8,10H2,(H,21,22). The van der Waals surface area contributed by atoms with E-state index in [0.717, 1.165) is 12.1 Å². The lowest BCUT2D eigenvalue weighted by Gasteiger charge is -2.10. The average molecular weight is 362 g/mol. The topological polar surface area (TPSA) is 79.2 Å². The minimum Gasteiger partial charge on any atom is -0.452 e. The van der Waals surface area contributed by atoms with Crippen LogP contribution in [0.25, 0.3) is 0 Å². The Kier molecular flexibility index (Phi) is 6.48. The monoisotopic (exact) mass is 362 g/mol. The number of hydrogen-bond donors (Lipinski definition) is 1. The fourth-order valence-corrected chi connectivity index (χ4v) is 2.50. The minimum atomic E-state index is -1.18. The van der Waals surface area contributed by atoms with Crippen LogP contribution in [0.4, 0.5) is 14.5 Å². The fraction of sp³-hybridized carbons (Fsp3) is 0.118. The zero-order chi connectivity index (χ0) is 18.2. The van der Waals surface area contributed by atoms with Crippen LogP contribution in [0, 0.1) is 23.0 Å². The number of hydrogen-bond acceptors (Lipinski definition) is 5. The van der Waals surface area contributed by atoms with Crippen LogP contribution >= 0.6 is 11.8 Å². The van der Waals surface area contributed by atoms with Crippen molar-refractivity contribution in [3.63, 3.8) is 0 Å². The third-order valence-corrected chi connectivity index (χ3v) is 3.88. The summed E-state index contributed by atoms with van der Waals surface area (Å²) in [6, 6.07) is 11.4. The van der Waals surface area contributed by atoms with Gasteiger partial charge < -0.3 is 10.1 Å². The SMILES string of the molecule is N#CCSc1ccccc1NC(=O)COC(=O)c1ccc(F)c(F)c1. The molecule has 8 heteroatoms. The number of carbonyl (C=O) groups excluding carboxylic acids is 2. The molecule has 0 atom stereocenters. The molecule has 0 radical (unpaired) electrons. The molecular formula is C17H12F2N2O3S. The lowest BCUT2D eigenvalue weighted by atomic mass is 10.2. The van der Waals surface area contributed by atoms with Crippen LogP contribution in [0.5, 0.6) is 0 Å². The smallest absolute Gasteiger partial charge is 0.338 e. The molecule has 0 spiro atoms. The minimum absolute atomic E-state index is 0.198. The Balaban J connectivity index is 1.93. The maximum atomic E-state index is 13.1. The normalized spacial score (nSPS) is 9.96. The van der Waals surface area contributed by atoms with Crippen molar-refractivity contribution in [3.8, 4) is 6.07 Å². The zero-order valence-corrected chi connectivity index (χ0v) is 13.6. The Bertz CT molecular complexity index is 837. The summed E-state index contributed by atoms with van der Waals surface area (Å²) >= 11 is 1.25. The highest BCUT2D eigenvalue weighted by Gasteiger charge is 2.14. The van der Waals surface area contributed by atoms with Gasteiger partial charge in [0, 0.05) is 4.90 Å². The van der Waals surface area contributed by atoms with Gasteiger partial charge in [0.05, 0.1) is 23.1 Å². The molecule has 25 heavy (non-hydrogen) atoms. The first-order valence-electron chi connectivity index (χ1n) is 7.02. The van der Waals surface area contributed by atoms with E-state index in [-0.39, 0.29) is 11.3 Å². The predicted molar refractivity (Wildman–Crippen MR) is 88.0 cm³/mol. The highest BCUT2D eigenvalue weighted by molar-refractivity contribution is 7.99. The molecule has 1 amide bonds. The molecule has 1 N–H and O–H groups in total. The van der Waals surface area contributed by atoms with Crippen LogP contribution in [0.2, 0.25) is 0 Å². The number of amides is 1. The van der Waals surface area contributed by atoms with Gasteiger partial charge in [0.15, 0.2) is 18.2 Å². The van der Waals surface area contributed by atoms with Gasteiger partial charge in [-0.25, -0.2) is 13.6 Å². The quantitative estimate of drug-likeness (QED) is 0.630. The van der Waals surface area contributed by atoms with Crippen LogP contribution in [-0.4, -0.2) is 24.2 Å². The van der Waals surface area contributed by atoms with Gasteiger partial charge in [-0.15, -0.1) is 11.8 Å². The van der Waals surface area contributed by atoms with Crippen molar-refractivity contribution in [2.75, 3.05) is 17.7 Å². The lowest BCUT2D eigenvalue weighted by Crippen LogP contribution is -2.21. The number of anilines is 1. The van der Waals surface area contributed by atoms with E-state index < -0.39 is 30.1 Å². The number of nitriles is 1. The van der Waals surface area contributed by atoms with Crippen molar-refractivity contribution in [3.05, 3.63) is 59.7 Å². The second-order valence-electron chi connectivity index (χ2n) is 4.70. The van der Waals surface area contributed by atoms with E-state index in [0.29, 0.717) is 16.6 Å². The summed E-state index contributed by atoms with van der Waals surface area (Å²) in [7, 11) is 0. The van der Waals surface area contributed by atoms with Gasteiger partial charge >= 0.3 is 5.97 Å². The van der Waals surface area contributed by atoms with Gasteiger partial charge in [-0.2, -0.15) is 5.26 Å². The molecule has 0 aliphatic carbocycles. The Labute approximate surface area is 146 Å². The molecule has 0 saturated heterocycles. The third-order valence-electron chi connectivity index (χ3n) is 2.94. The number of rotatable bonds is 6. The van der Waals surface area contributed by atoms with E-state index in [1.165, 1.54) is 11.8 Å². The average Bonchev–Trinajstić information content (AvgIpc) is 2.61. The van der Waals surface area contributed by atoms with Crippen LogP contribution in [0.15, 0.2) is 47.4 Å². The maximum absolute atomic E-state index is 13.1. The number of thioether (sulfide) groups is 1. The van der Waals surface area contributed by atoms with Gasteiger partial charge in [-0.3, -0.25) is 4.79 Å². The van der Waals surface area contributed by atoms with Crippen molar-refractivity contribution in [1.29, 1.82) is 5.26 Å². The Morgan fingerprint density at radius 1 is 1.16 bits per heavy atom. The summed E-state index contributed by atoms with van der Waals surface area (Å²) in [5.41, 5.74) is 0.285. The van der Waals surface area contributed by atoms with Crippen LogP contribution < -0.4 is 5.32 Å². The Hall–Kier alpha value is -2.92. The van der Waals surface area contributed by atoms with Crippen molar-refractivity contribution in [1.82, 2.24) is 0 Å². The molecule has 2 aromatic carbocycles. The first-order valence-corrected chi connectivity index (χ1v) is 8.00. The molecule has 0 aliphatic heterocycles. The largest absolute Gasteiger partial charge is 0.452 e. The number of carbonyl (C=O) groups is 2. The molecule has 0 aliphatic rings. The van der Waals surface area contributed by atoms with E-state index in [9.17, 15) is 18.4 Å². The third kappa shape index (κ3) is 5.29. The van der Waals surface area contributed by atoms with Crippen molar-refractivity contribution < 1.29 is 23.1 Å². The maximum Gasteiger partial charge on any atom is 0.338 e. The summed E-state index contributed by atoms with van der Waals surface area (Å²) in [6.45, 7) is -0.588. The highest BCUT2D eigenvalue weighted by atomic mass is 32.2. The fourth-order valence-electron chi connectivity index (χ4n) is 1.83. The van der Waals surface area contributed by atoms with Gasteiger partial charge in [-0.05, 0) is 30.3 Å². The van der Waals surface area contributed by atoms with Gasteiger partial charge in [0.25, 0.3) is 5.91 Å². The molecule has 0 aromatic heterocycles. The number of nitrogens with zero attached hydrogens (tertiary/aromatic N) is 1. The first-order chi connectivity index (χ1) is 12.0. The molecule has 128 valence electrons. The molecule has 5 nitrogen and oxygen atoms in total. The van der Waals surface area contributed by atoms with Crippen molar-refractivity contribution >= 4 is 29.3 Å². The number of nitrogens with one attached hydrogen (secondary N) is 1. The number of esters is 1. The first kappa shape index (κ1) is 18.4. The van der Waals surface area contributed by atoms with Crippen molar-refractivity contribution in [2.45, 2.75) is 4.90 Å². The van der Waals surface area contributed by atoms with Crippen LogP contribution in [-0.2, 0) is 9.53 Å². The number of para-hydroxylation sites is 1. The second kappa shape index (κ2) is 8.80. The zero-order valence-electron chi connectivity index (χ0n) is 12.8. The lowest BCUT2D eigenvalue weighted by molar-refractivity contribution is -0.119. The molecule has 0 bridgehead atoms. The number of benzene rings is 2. The van der Waals surface area contributed by atoms with Crippen LogP contribution in [0.3, 0.4) is 0 Å². The predicted octanol–water partition coefficient (Wildman–Crippen LogP) is 3.38. The molecular weight excluding hydrogens is 350 g/mol. The van der Waals surface area contributed by atoms with Gasteiger partial charge in [0.2, 0.25) is 0 Å². The summed E-state index contributed by atoms with van der Waals surface area (Å²) in [5.74, 6) is -3.58.